The third-order valence-electron chi connectivity index (χ3n) is 3.26. The summed E-state index contributed by atoms with van der Waals surface area (Å²) in [6.45, 7) is 3.88. The Morgan fingerprint density at radius 2 is 2.05 bits per heavy atom. The third-order valence-corrected chi connectivity index (χ3v) is 3.26. The number of halogens is 2. The SMILES string of the molecule is CCCCN(C)Cc1cn[nH]c1-c1ccc(F)c(F)c1. The van der Waals surface area contributed by atoms with Crippen molar-refractivity contribution in [1.29, 1.82) is 0 Å². The van der Waals surface area contributed by atoms with Gasteiger partial charge in [0, 0.05) is 17.7 Å². The number of nitrogens with zero attached hydrogens (tertiary/aromatic N) is 2. The van der Waals surface area contributed by atoms with Gasteiger partial charge < -0.3 is 4.90 Å². The molecule has 1 heterocycles. The number of unbranched alkanes of at least 4 members (excludes halogenated alkanes) is 1. The second-order valence-corrected chi connectivity index (χ2v) is 4.99. The molecule has 1 N–H and O–H groups in total. The minimum Gasteiger partial charge on any atom is -0.302 e. The fraction of sp³-hybridized carbons (Fsp3) is 0.400. The minimum atomic E-state index is -0.845. The molecule has 0 amide bonds. The van der Waals surface area contributed by atoms with Crippen molar-refractivity contribution in [1.82, 2.24) is 15.1 Å². The van der Waals surface area contributed by atoms with Crippen LogP contribution in [0.1, 0.15) is 25.3 Å². The molecule has 0 unspecified atom stereocenters. The van der Waals surface area contributed by atoms with Crippen LogP contribution in [-0.4, -0.2) is 28.7 Å². The molecule has 5 heteroatoms. The number of aromatic amines is 1. The quantitative estimate of drug-likeness (QED) is 0.876. The van der Waals surface area contributed by atoms with Crippen LogP contribution in [0.4, 0.5) is 8.78 Å². The van der Waals surface area contributed by atoms with Crippen molar-refractivity contribution < 1.29 is 8.78 Å². The molecule has 2 rings (SSSR count). The van der Waals surface area contributed by atoms with Crippen molar-refractivity contribution in [2.75, 3.05) is 13.6 Å². The fourth-order valence-corrected chi connectivity index (χ4v) is 2.13. The third kappa shape index (κ3) is 3.42. The summed E-state index contributed by atoms with van der Waals surface area (Å²) in [7, 11) is 2.04. The number of aromatic nitrogens is 2. The Labute approximate surface area is 117 Å². The van der Waals surface area contributed by atoms with Crippen molar-refractivity contribution in [3.05, 3.63) is 41.6 Å². The number of H-pyrrole nitrogens is 1. The Balaban J connectivity index is 2.17. The first-order chi connectivity index (χ1) is 9.61. The van der Waals surface area contributed by atoms with Crippen molar-refractivity contribution in [2.24, 2.45) is 0 Å². The molecule has 3 nitrogen and oxygen atoms in total. The van der Waals surface area contributed by atoms with E-state index in [0.717, 1.165) is 43.3 Å². The zero-order chi connectivity index (χ0) is 14.5. The first kappa shape index (κ1) is 14.7. The highest BCUT2D eigenvalue weighted by Crippen LogP contribution is 2.23. The highest BCUT2D eigenvalue weighted by Gasteiger charge is 2.12. The zero-order valence-corrected chi connectivity index (χ0v) is 11.8. The maximum atomic E-state index is 13.3. The van der Waals surface area contributed by atoms with E-state index in [9.17, 15) is 8.78 Å². The van der Waals surface area contributed by atoms with Crippen LogP contribution in [0, 0.1) is 11.6 Å². The average molecular weight is 279 g/mol. The summed E-state index contributed by atoms with van der Waals surface area (Å²) in [5, 5.41) is 6.88. The van der Waals surface area contributed by atoms with Gasteiger partial charge in [-0.3, -0.25) is 5.10 Å². The monoisotopic (exact) mass is 279 g/mol. The lowest BCUT2D eigenvalue weighted by Gasteiger charge is -2.16. The van der Waals surface area contributed by atoms with Crippen molar-refractivity contribution in [2.45, 2.75) is 26.3 Å². The molecule has 0 radical (unpaired) electrons. The second-order valence-electron chi connectivity index (χ2n) is 4.99. The largest absolute Gasteiger partial charge is 0.302 e. The van der Waals surface area contributed by atoms with Crippen LogP contribution < -0.4 is 0 Å². The highest BCUT2D eigenvalue weighted by molar-refractivity contribution is 5.62. The first-order valence-corrected chi connectivity index (χ1v) is 6.78. The van der Waals surface area contributed by atoms with E-state index in [1.165, 1.54) is 6.07 Å². The van der Waals surface area contributed by atoms with Crippen LogP contribution in [0.15, 0.2) is 24.4 Å². The maximum absolute atomic E-state index is 13.3. The van der Waals surface area contributed by atoms with Gasteiger partial charge in [0.15, 0.2) is 11.6 Å². The summed E-state index contributed by atoms with van der Waals surface area (Å²) < 4.78 is 26.3. The van der Waals surface area contributed by atoms with Gasteiger partial charge in [-0.15, -0.1) is 0 Å². The topological polar surface area (TPSA) is 31.9 Å². The Morgan fingerprint density at radius 3 is 2.75 bits per heavy atom. The van der Waals surface area contributed by atoms with E-state index in [-0.39, 0.29) is 0 Å². The van der Waals surface area contributed by atoms with Gasteiger partial charge in [-0.25, -0.2) is 8.78 Å². The molecule has 0 saturated heterocycles. The van der Waals surface area contributed by atoms with E-state index in [4.69, 9.17) is 0 Å². The zero-order valence-electron chi connectivity index (χ0n) is 11.8. The molecule has 108 valence electrons. The summed E-state index contributed by atoms with van der Waals surface area (Å²) in [5.74, 6) is -1.68. The van der Waals surface area contributed by atoms with Gasteiger partial charge in [-0.05, 0) is 38.2 Å². The molecular weight excluding hydrogens is 260 g/mol. The lowest BCUT2D eigenvalue weighted by atomic mass is 10.1. The summed E-state index contributed by atoms with van der Waals surface area (Å²) >= 11 is 0. The fourth-order valence-electron chi connectivity index (χ4n) is 2.13. The van der Waals surface area contributed by atoms with Crippen LogP contribution in [0.5, 0.6) is 0 Å². The lowest BCUT2D eigenvalue weighted by molar-refractivity contribution is 0.321. The number of rotatable bonds is 6. The maximum Gasteiger partial charge on any atom is 0.159 e. The van der Waals surface area contributed by atoms with E-state index in [2.05, 4.69) is 22.0 Å². The van der Waals surface area contributed by atoms with E-state index in [1.807, 2.05) is 7.05 Å². The van der Waals surface area contributed by atoms with E-state index in [0.29, 0.717) is 5.56 Å². The molecule has 0 aliphatic heterocycles. The molecular formula is C15H19F2N3. The van der Waals surface area contributed by atoms with E-state index in [1.54, 1.807) is 12.3 Å². The summed E-state index contributed by atoms with van der Waals surface area (Å²) in [6.07, 6.45) is 4.01. The summed E-state index contributed by atoms with van der Waals surface area (Å²) in [6, 6.07) is 3.88. The number of nitrogens with one attached hydrogen (secondary N) is 1. The molecule has 20 heavy (non-hydrogen) atoms. The lowest BCUT2D eigenvalue weighted by Crippen LogP contribution is -2.19. The molecule has 1 aromatic carbocycles. The molecule has 0 atom stereocenters. The van der Waals surface area contributed by atoms with Gasteiger partial charge in [0.2, 0.25) is 0 Å². The molecule has 0 fully saturated rings. The number of hydrogen-bond acceptors (Lipinski definition) is 2. The predicted molar refractivity (Wildman–Crippen MR) is 75.2 cm³/mol. The summed E-state index contributed by atoms with van der Waals surface area (Å²) in [4.78, 5) is 2.19. The number of hydrogen-bond donors (Lipinski definition) is 1. The Hall–Kier alpha value is -1.75. The van der Waals surface area contributed by atoms with Gasteiger partial charge in [0.25, 0.3) is 0 Å². The Kier molecular flexibility index (Phi) is 4.84. The molecule has 1 aromatic heterocycles. The van der Waals surface area contributed by atoms with Gasteiger partial charge in [0.05, 0.1) is 11.9 Å². The second kappa shape index (κ2) is 6.61. The van der Waals surface area contributed by atoms with Gasteiger partial charge in [-0.1, -0.05) is 13.3 Å². The Morgan fingerprint density at radius 1 is 1.25 bits per heavy atom. The normalized spacial score (nSPS) is 11.2. The van der Waals surface area contributed by atoms with E-state index >= 15 is 0 Å². The molecule has 0 aliphatic rings. The smallest absolute Gasteiger partial charge is 0.159 e. The molecule has 2 aromatic rings. The van der Waals surface area contributed by atoms with Crippen LogP contribution in [0.3, 0.4) is 0 Å². The van der Waals surface area contributed by atoms with Crippen LogP contribution in [-0.2, 0) is 6.54 Å². The molecule has 0 aliphatic carbocycles. The molecule has 0 saturated carbocycles. The van der Waals surface area contributed by atoms with E-state index < -0.39 is 11.6 Å². The first-order valence-electron chi connectivity index (χ1n) is 6.78. The van der Waals surface area contributed by atoms with Crippen LogP contribution >= 0.6 is 0 Å². The molecule has 0 bridgehead atoms. The number of benzene rings is 1. The Bertz CT molecular complexity index is 566. The van der Waals surface area contributed by atoms with Crippen molar-refractivity contribution in [3.63, 3.8) is 0 Å². The molecule has 0 spiro atoms. The average Bonchev–Trinajstić information content (AvgIpc) is 2.87. The predicted octanol–water partition coefficient (Wildman–Crippen LogP) is 3.59. The van der Waals surface area contributed by atoms with Gasteiger partial charge in [0.1, 0.15) is 0 Å². The van der Waals surface area contributed by atoms with Crippen molar-refractivity contribution in [3.8, 4) is 11.3 Å². The van der Waals surface area contributed by atoms with Gasteiger partial charge >= 0.3 is 0 Å². The van der Waals surface area contributed by atoms with Crippen LogP contribution in [0.25, 0.3) is 11.3 Å². The van der Waals surface area contributed by atoms with Gasteiger partial charge in [-0.2, -0.15) is 5.10 Å². The minimum absolute atomic E-state index is 0.611. The highest BCUT2D eigenvalue weighted by atomic mass is 19.2. The summed E-state index contributed by atoms with van der Waals surface area (Å²) in [5.41, 5.74) is 2.34. The van der Waals surface area contributed by atoms with Crippen molar-refractivity contribution >= 4 is 0 Å². The standard InChI is InChI=1S/C15H19F2N3/c1-3-4-7-20(2)10-12-9-18-19-15(12)11-5-6-13(16)14(17)8-11/h5-6,8-9H,3-4,7,10H2,1-2H3,(H,18,19). The van der Waals surface area contributed by atoms with Crippen LogP contribution in [0.2, 0.25) is 0 Å².